The fourth-order valence-corrected chi connectivity index (χ4v) is 5.33. The molecule has 0 fully saturated rings. The average Bonchev–Trinajstić information content (AvgIpc) is 3.11. The summed E-state index contributed by atoms with van der Waals surface area (Å²) in [4.78, 5) is 0. The second-order valence-corrected chi connectivity index (χ2v) is 12.6. The van der Waals surface area contributed by atoms with Gasteiger partial charge in [0.1, 0.15) is 57.8 Å². The van der Waals surface area contributed by atoms with E-state index in [1.54, 1.807) is 27.0 Å². The van der Waals surface area contributed by atoms with Gasteiger partial charge in [-0.2, -0.15) is 0 Å². The smallest absolute Gasteiger partial charge is 0.141 e. The summed E-state index contributed by atoms with van der Waals surface area (Å²) < 4.78 is 70.2. The predicted octanol–water partition coefficient (Wildman–Crippen LogP) is 12.7. The maximum atomic E-state index is 13.1. The summed E-state index contributed by atoms with van der Waals surface area (Å²) in [5.74, 6) is -1.30. The van der Waals surface area contributed by atoms with Crippen molar-refractivity contribution in [3.63, 3.8) is 0 Å². The van der Waals surface area contributed by atoms with Gasteiger partial charge in [0.2, 0.25) is 0 Å². The number of phenols is 4. The number of rotatable bonds is 5. The molecule has 0 radical (unpaired) electrons. The van der Waals surface area contributed by atoms with Gasteiger partial charge in [0.25, 0.3) is 0 Å². The van der Waals surface area contributed by atoms with E-state index >= 15 is 0 Å². The first kappa shape index (κ1) is 48.9. The normalized spacial score (nSPS) is 9.58. The Bertz CT molecular complexity index is 1820. The minimum atomic E-state index is -0.449. The third-order valence-electron chi connectivity index (χ3n) is 6.86. The largest absolute Gasteiger partial charge is 0.508 e. The molecule has 5 rings (SSSR count). The molecule has 14 heteroatoms. The quantitative estimate of drug-likeness (QED) is 0.132. The highest BCUT2D eigenvalue weighted by molar-refractivity contribution is 9.11. The molecule has 53 heavy (non-hydrogen) atoms. The minimum Gasteiger partial charge on any atom is -0.508 e. The molecule has 4 N–H and O–H groups in total. The predicted molar refractivity (Wildman–Crippen MR) is 209 cm³/mol. The molecule has 0 aliphatic heterocycles. The van der Waals surface area contributed by atoms with Crippen molar-refractivity contribution in [3.8, 4) is 28.7 Å². The molecule has 0 aliphatic rings. The lowest BCUT2D eigenvalue weighted by atomic mass is 10.1. The van der Waals surface area contributed by atoms with E-state index < -0.39 is 11.6 Å². The number of halogens is 9. The lowest BCUT2D eigenvalue weighted by Gasteiger charge is -2.09. The van der Waals surface area contributed by atoms with Gasteiger partial charge in [-0.15, -0.1) is 0 Å². The number of aromatic hydroxyl groups is 4. The Morgan fingerprint density at radius 3 is 1.36 bits per heavy atom. The Kier molecular flexibility index (Phi) is 23.0. The Morgan fingerprint density at radius 2 is 1.00 bits per heavy atom. The van der Waals surface area contributed by atoms with Crippen LogP contribution in [0.5, 0.6) is 28.7 Å². The van der Waals surface area contributed by atoms with Gasteiger partial charge in [-0.1, -0.05) is 51.6 Å². The molecule has 5 aromatic rings. The van der Waals surface area contributed by atoms with Crippen LogP contribution in [0.4, 0.5) is 26.7 Å². The molecule has 0 saturated carbocycles. The van der Waals surface area contributed by atoms with Crippen molar-refractivity contribution in [1.29, 1.82) is 0 Å². The minimum absolute atomic E-state index is 0. The van der Waals surface area contributed by atoms with Gasteiger partial charge < -0.3 is 25.2 Å². The molecule has 0 amide bonds. The first-order valence-electron chi connectivity index (χ1n) is 15.5. The second kappa shape index (κ2) is 25.0. The van der Waals surface area contributed by atoms with E-state index in [4.69, 9.17) is 20.1 Å². The van der Waals surface area contributed by atoms with Crippen molar-refractivity contribution in [2.45, 2.75) is 40.0 Å². The van der Waals surface area contributed by atoms with Crippen LogP contribution >= 0.6 is 47.8 Å². The summed E-state index contributed by atoms with van der Waals surface area (Å²) in [5, 5.41) is 36.1. The lowest BCUT2D eigenvalue weighted by Crippen LogP contribution is -1.95. The average molecular weight is 941 g/mol. The van der Waals surface area contributed by atoms with Gasteiger partial charge in [-0.3, -0.25) is 4.70 Å². The number of methoxy groups -OCH3 is 1. The van der Waals surface area contributed by atoms with Gasteiger partial charge in [-0.25, -0.2) is 22.0 Å². The topological polar surface area (TPSA) is 90.2 Å². The summed E-state index contributed by atoms with van der Waals surface area (Å²) in [6.07, 6.45) is 2.94. The van der Waals surface area contributed by atoms with E-state index in [1.807, 2.05) is 6.92 Å². The number of phenolic OH excluding ortho intramolecular Hbond substituents is 4. The second-order valence-electron chi connectivity index (χ2n) is 10.1. The zero-order chi connectivity index (χ0) is 39.5. The van der Waals surface area contributed by atoms with Crippen LogP contribution in [0, 0.1) is 29.1 Å². The van der Waals surface area contributed by atoms with Gasteiger partial charge >= 0.3 is 0 Å². The van der Waals surface area contributed by atoms with Crippen LogP contribution in [0.15, 0.2) is 98.9 Å². The van der Waals surface area contributed by atoms with E-state index in [2.05, 4.69) is 54.4 Å². The lowest BCUT2D eigenvalue weighted by molar-refractivity contribution is 0.402. The van der Waals surface area contributed by atoms with Gasteiger partial charge in [0.15, 0.2) is 0 Å². The molecule has 288 valence electrons. The Balaban J connectivity index is 0.000000637. The van der Waals surface area contributed by atoms with Crippen molar-refractivity contribution < 1.29 is 51.8 Å². The van der Waals surface area contributed by atoms with Crippen LogP contribution in [-0.2, 0) is 19.3 Å². The summed E-state index contributed by atoms with van der Waals surface area (Å²) >= 11 is 9.25. The molecule has 0 bridgehead atoms. The summed E-state index contributed by atoms with van der Waals surface area (Å²) in [7, 11) is 1.54. The zero-order valence-electron chi connectivity index (χ0n) is 29.0. The molecule has 5 nitrogen and oxygen atoms in total. The molecule has 0 aliphatic carbocycles. The summed E-state index contributed by atoms with van der Waals surface area (Å²) in [5.41, 5.74) is 1.52. The zero-order valence-corrected chi connectivity index (χ0v) is 33.8. The highest BCUT2D eigenvalue weighted by Gasteiger charge is 2.11. The third-order valence-corrected chi connectivity index (χ3v) is 8.91. The van der Waals surface area contributed by atoms with Crippen LogP contribution in [0.2, 0.25) is 0 Å². The molecule has 0 heterocycles. The van der Waals surface area contributed by atoms with Crippen LogP contribution in [0.25, 0.3) is 6.08 Å². The molecule has 5 aromatic carbocycles. The van der Waals surface area contributed by atoms with Crippen molar-refractivity contribution >= 4 is 53.9 Å². The maximum absolute atomic E-state index is 13.1. The standard InChI is InChI=1S/C9H10BrFO.C8H8BrFO.C8H9FO.C8H7FO.C6H4BrFO.FH/c1-3-6-8(11)5-4-7(10)9(6)12-2;1-2-5-7(10)4-3-6(9)8(5)11;2*1-2-6-7(9)4-3-5-8(6)10;7-6-4(8)2-1-3-5(6)9;/h4-5H,3H2,1-2H3;3-4,11H,2H2,1H3;3-5,10H,2H2,1H3;2-5,10H,1H2;1-3,9H;1H. The molecular formula is C39H39Br3F6O5. The Labute approximate surface area is 330 Å². The van der Waals surface area contributed by atoms with Crippen molar-refractivity contribution in [2.75, 3.05) is 7.11 Å². The monoisotopic (exact) mass is 938 g/mol. The number of ether oxygens (including phenoxy) is 1. The Hall–Kier alpha value is -4.14. The number of benzene rings is 5. The number of hydrogen-bond acceptors (Lipinski definition) is 5. The third kappa shape index (κ3) is 15.0. The SMILES string of the molecule is C=Cc1c(O)cccc1F.CCc1c(F)ccc(Br)c1O.CCc1c(F)ccc(Br)c1OC.CCc1c(O)cccc1F.F.Oc1cccc(F)c1Br. The molecule has 0 atom stereocenters. The Morgan fingerprint density at radius 1 is 0.566 bits per heavy atom. The van der Waals surface area contributed by atoms with Crippen molar-refractivity contribution in [2.24, 2.45) is 0 Å². The van der Waals surface area contributed by atoms with E-state index in [-0.39, 0.29) is 55.2 Å². The fourth-order valence-electron chi connectivity index (χ4n) is 4.16. The molecular weight excluding hydrogens is 902 g/mol. The summed E-state index contributed by atoms with van der Waals surface area (Å²) in [6.45, 7) is 8.85. The molecule has 0 saturated heterocycles. The van der Waals surface area contributed by atoms with Crippen LogP contribution in [0.1, 0.15) is 43.0 Å². The number of hydrogen-bond donors (Lipinski definition) is 4. The van der Waals surface area contributed by atoms with E-state index in [1.165, 1.54) is 78.9 Å². The van der Waals surface area contributed by atoms with Crippen LogP contribution < -0.4 is 4.74 Å². The fraction of sp³-hybridized carbons (Fsp3) is 0.179. The van der Waals surface area contributed by atoms with E-state index in [9.17, 15) is 27.1 Å². The first-order chi connectivity index (χ1) is 24.6. The first-order valence-corrected chi connectivity index (χ1v) is 17.8. The van der Waals surface area contributed by atoms with Gasteiger partial charge in [0.05, 0.1) is 26.1 Å². The van der Waals surface area contributed by atoms with Gasteiger partial charge in [-0.05, 0) is 128 Å². The molecule has 0 spiro atoms. The van der Waals surface area contributed by atoms with Crippen LogP contribution in [0.3, 0.4) is 0 Å². The summed E-state index contributed by atoms with van der Waals surface area (Å²) in [6, 6.07) is 18.5. The highest BCUT2D eigenvalue weighted by Crippen LogP contribution is 2.31. The van der Waals surface area contributed by atoms with Crippen LogP contribution in [-0.4, -0.2) is 27.5 Å². The maximum Gasteiger partial charge on any atom is 0.141 e. The van der Waals surface area contributed by atoms with E-state index in [0.29, 0.717) is 46.2 Å². The van der Waals surface area contributed by atoms with E-state index in [0.717, 1.165) is 4.47 Å². The molecule has 0 unspecified atom stereocenters. The highest BCUT2D eigenvalue weighted by atomic mass is 79.9. The molecule has 0 aromatic heterocycles. The van der Waals surface area contributed by atoms with Crippen molar-refractivity contribution in [1.82, 2.24) is 0 Å². The van der Waals surface area contributed by atoms with Gasteiger partial charge in [0, 0.05) is 16.7 Å². The van der Waals surface area contributed by atoms with Crippen molar-refractivity contribution in [3.05, 3.63) is 150 Å².